The van der Waals surface area contributed by atoms with Gasteiger partial charge in [0, 0.05) is 18.6 Å². The van der Waals surface area contributed by atoms with Gasteiger partial charge in [0.2, 0.25) is 5.91 Å². The summed E-state index contributed by atoms with van der Waals surface area (Å²) in [5.41, 5.74) is 0. The third kappa shape index (κ3) is 3.48. The Morgan fingerprint density at radius 1 is 1.21 bits per heavy atom. The maximum absolute atomic E-state index is 12.8. The molecule has 1 saturated heterocycles. The minimum atomic E-state index is 0.0156. The van der Waals surface area contributed by atoms with E-state index in [9.17, 15) is 4.79 Å². The first-order valence-electron chi connectivity index (χ1n) is 7.89. The molecule has 2 fully saturated rings. The van der Waals surface area contributed by atoms with Gasteiger partial charge in [-0.05, 0) is 26.3 Å². The Hall–Kier alpha value is -0.610. The number of carbonyl (C=O) groups excluding carboxylic acids is 1. The minimum absolute atomic E-state index is 0.0156. The summed E-state index contributed by atoms with van der Waals surface area (Å²) in [4.78, 5) is 14.9. The molecule has 4 nitrogen and oxygen atoms in total. The van der Waals surface area contributed by atoms with Crippen LogP contribution in [0.3, 0.4) is 0 Å². The van der Waals surface area contributed by atoms with Crippen LogP contribution >= 0.6 is 0 Å². The van der Waals surface area contributed by atoms with E-state index in [-0.39, 0.29) is 12.0 Å². The lowest BCUT2D eigenvalue weighted by Gasteiger charge is -2.36. The Labute approximate surface area is 116 Å². The average molecular weight is 268 g/mol. The third-order valence-electron chi connectivity index (χ3n) is 4.50. The number of carbonyl (C=O) groups is 1. The van der Waals surface area contributed by atoms with E-state index in [0.717, 1.165) is 13.1 Å². The van der Waals surface area contributed by atoms with E-state index in [4.69, 9.17) is 4.74 Å². The number of rotatable bonds is 5. The van der Waals surface area contributed by atoms with Gasteiger partial charge in [-0.1, -0.05) is 26.2 Å². The van der Waals surface area contributed by atoms with Crippen molar-refractivity contribution in [2.45, 2.75) is 58.0 Å². The van der Waals surface area contributed by atoms with Gasteiger partial charge in [-0.15, -0.1) is 0 Å². The molecule has 2 aliphatic rings. The fraction of sp³-hybridized carbons (Fsp3) is 0.933. The van der Waals surface area contributed by atoms with E-state index in [1.54, 1.807) is 0 Å². The fourth-order valence-electron chi connectivity index (χ4n) is 3.46. The zero-order valence-electron chi connectivity index (χ0n) is 12.4. The van der Waals surface area contributed by atoms with Gasteiger partial charge in [0.05, 0.1) is 19.1 Å². The minimum Gasteiger partial charge on any atom is -0.379 e. The fourth-order valence-corrected chi connectivity index (χ4v) is 3.46. The van der Waals surface area contributed by atoms with Crippen LogP contribution in [0.15, 0.2) is 0 Å². The quantitative estimate of drug-likeness (QED) is 0.826. The molecule has 0 radical (unpaired) electrons. The maximum Gasteiger partial charge on any atom is 0.229 e. The second kappa shape index (κ2) is 7.25. The van der Waals surface area contributed by atoms with E-state index in [1.165, 1.54) is 32.1 Å². The van der Waals surface area contributed by atoms with Gasteiger partial charge in [-0.3, -0.25) is 4.79 Å². The van der Waals surface area contributed by atoms with Gasteiger partial charge >= 0.3 is 0 Å². The lowest BCUT2D eigenvalue weighted by molar-refractivity contribution is -0.138. The Morgan fingerprint density at radius 2 is 1.95 bits per heavy atom. The molecule has 2 rings (SSSR count). The molecule has 0 spiro atoms. The van der Waals surface area contributed by atoms with Crippen LogP contribution in [0.25, 0.3) is 0 Å². The number of likely N-dealkylation sites (N-methyl/N-ethyl adjacent to an activating group) is 1. The molecule has 2 atom stereocenters. The lowest BCUT2D eigenvalue weighted by Crippen LogP contribution is -2.49. The maximum atomic E-state index is 12.8. The molecule has 110 valence electrons. The predicted octanol–water partition coefficient (Wildman–Crippen LogP) is 1.79. The van der Waals surface area contributed by atoms with Crippen LogP contribution in [0, 0.1) is 5.92 Å². The molecule has 0 aromatic heterocycles. The summed E-state index contributed by atoms with van der Waals surface area (Å²) in [5, 5.41) is 3.38. The van der Waals surface area contributed by atoms with Crippen molar-refractivity contribution < 1.29 is 9.53 Å². The van der Waals surface area contributed by atoms with Crippen LogP contribution in [0.1, 0.15) is 46.0 Å². The summed E-state index contributed by atoms with van der Waals surface area (Å²) in [6.45, 7) is 7.17. The van der Waals surface area contributed by atoms with Gasteiger partial charge in [0.15, 0.2) is 0 Å². The van der Waals surface area contributed by atoms with Crippen molar-refractivity contribution in [3.05, 3.63) is 0 Å². The summed E-state index contributed by atoms with van der Waals surface area (Å²) in [5.74, 6) is 0.319. The molecule has 1 amide bonds. The number of hydrogen-bond acceptors (Lipinski definition) is 3. The molecule has 1 aliphatic heterocycles. The van der Waals surface area contributed by atoms with Crippen molar-refractivity contribution in [2.24, 2.45) is 5.92 Å². The molecule has 0 aromatic rings. The van der Waals surface area contributed by atoms with Gasteiger partial charge in [-0.2, -0.15) is 0 Å². The number of amides is 1. The van der Waals surface area contributed by atoms with E-state index >= 15 is 0 Å². The summed E-state index contributed by atoms with van der Waals surface area (Å²) >= 11 is 0. The molecule has 1 aliphatic carbocycles. The van der Waals surface area contributed by atoms with Crippen molar-refractivity contribution in [3.63, 3.8) is 0 Å². The summed E-state index contributed by atoms with van der Waals surface area (Å²) in [6, 6.07) is 0.671. The van der Waals surface area contributed by atoms with Crippen LogP contribution in [0.4, 0.5) is 0 Å². The summed E-state index contributed by atoms with van der Waals surface area (Å²) < 4.78 is 5.52. The van der Waals surface area contributed by atoms with E-state index in [1.807, 2.05) is 0 Å². The van der Waals surface area contributed by atoms with Gasteiger partial charge in [-0.25, -0.2) is 0 Å². The van der Waals surface area contributed by atoms with Crippen molar-refractivity contribution in [2.75, 3.05) is 26.3 Å². The molecule has 4 heteroatoms. The molecule has 2 unspecified atom stereocenters. The predicted molar refractivity (Wildman–Crippen MR) is 76.0 cm³/mol. The highest BCUT2D eigenvalue weighted by Crippen LogP contribution is 2.25. The highest BCUT2D eigenvalue weighted by Gasteiger charge is 2.37. The first-order valence-corrected chi connectivity index (χ1v) is 7.89. The Kier molecular flexibility index (Phi) is 5.64. The number of nitrogens with zero attached hydrogens (tertiary/aromatic N) is 1. The Bertz CT molecular complexity index is 290. The first kappa shape index (κ1) is 14.8. The van der Waals surface area contributed by atoms with E-state index in [2.05, 4.69) is 24.1 Å². The van der Waals surface area contributed by atoms with Crippen molar-refractivity contribution >= 4 is 5.91 Å². The second-order valence-electron chi connectivity index (χ2n) is 5.72. The van der Waals surface area contributed by atoms with Crippen LogP contribution in [0.5, 0.6) is 0 Å². The molecule has 1 N–H and O–H groups in total. The average Bonchev–Trinajstić information content (AvgIpc) is 2.89. The number of nitrogens with one attached hydrogen (secondary N) is 1. The zero-order valence-corrected chi connectivity index (χ0v) is 12.4. The van der Waals surface area contributed by atoms with Crippen LogP contribution in [0.2, 0.25) is 0 Å². The summed E-state index contributed by atoms with van der Waals surface area (Å²) in [6.07, 6.45) is 6.23. The smallest absolute Gasteiger partial charge is 0.229 e. The first-order chi connectivity index (χ1) is 9.27. The van der Waals surface area contributed by atoms with Gasteiger partial charge in [0.25, 0.3) is 0 Å². The number of ether oxygens (including phenoxy) is 1. The number of hydrogen-bond donors (Lipinski definition) is 1. The van der Waals surface area contributed by atoms with Crippen LogP contribution in [-0.2, 0) is 9.53 Å². The van der Waals surface area contributed by atoms with Gasteiger partial charge in [0.1, 0.15) is 0 Å². The molecule has 1 saturated carbocycles. The molecule has 0 aromatic carbocycles. The van der Waals surface area contributed by atoms with E-state index in [0.29, 0.717) is 25.2 Å². The summed E-state index contributed by atoms with van der Waals surface area (Å²) in [7, 11) is 0. The second-order valence-corrected chi connectivity index (χ2v) is 5.72. The van der Waals surface area contributed by atoms with Crippen molar-refractivity contribution in [3.8, 4) is 0 Å². The molecule has 0 bridgehead atoms. The monoisotopic (exact) mass is 268 g/mol. The van der Waals surface area contributed by atoms with Gasteiger partial charge < -0.3 is 15.0 Å². The normalized spacial score (nSPS) is 28.5. The Balaban J connectivity index is 1.98. The standard InChI is InChI=1S/C15H28N2O2/c1-3-16-14-11-19-10-13(14)15(18)17(4-2)12-8-6-5-7-9-12/h12-14,16H,3-11H2,1-2H3. The molecular formula is C15H28N2O2. The lowest BCUT2D eigenvalue weighted by atomic mass is 9.92. The van der Waals surface area contributed by atoms with Crippen LogP contribution < -0.4 is 5.32 Å². The zero-order chi connectivity index (χ0) is 13.7. The van der Waals surface area contributed by atoms with Crippen molar-refractivity contribution in [1.82, 2.24) is 10.2 Å². The largest absolute Gasteiger partial charge is 0.379 e. The van der Waals surface area contributed by atoms with E-state index < -0.39 is 0 Å². The molecule has 1 heterocycles. The van der Waals surface area contributed by atoms with Crippen molar-refractivity contribution in [1.29, 1.82) is 0 Å². The topological polar surface area (TPSA) is 41.6 Å². The SMILES string of the molecule is CCNC1COCC1C(=O)N(CC)C1CCCCC1. The molecular weight excluding hydrogens is 240 g/mol. The Morgan fingerprint density at radius 3 is 2.58 bits per heavy atom. The third-order valence-corrected chi connectivity index (χ3v) is 4.50. The highest BCUT2D eigenvalue weighted by molar-refractivity contribution is 5.80. The van der Waals surface area contributed by atoms with Crippen LogP contribution in [-0.4, -0.2) is 49.2 Å². The highest BCUT2D eigenvalue weighted by atomic mass is 16.5. The molecule has 19 heavy (non-hydrogen) atoms.